The topological polar surface area (TPSA) is 94.4 Å². The van der Waals surface area contributed by atoms with Gasteiger partial charge in [0.15, 0.2) is 23.7 Å². The van der Waals surface area contributed by atoms with Gasteiger partial charge in [0.05, 0.1) is 5.69 Å². The van der Waals surface area contributed by atoms with Gasteiger partial charge in [-0.15, -0.1) is 0 Å². The largest absolute Gasteiger partial charge is 0.324 e. The molecule has 2 aromatic carbocycles. The lowest BCUT2D eigenvalue weighted by Gasteiger charge is -2.20. The Morgan fingerprint density at radius 1 is 1.07 bits per heavy atom. The molecule has 0 spiro atoms. The number of benzene rings is 2. The van der Waals surface area contributed by atoms with Crippen LogP contribution in [0.25, 0.3) is 0 Å². The van der Waals surface area contributed by atoms with Gasteiger partial charge in [-0.3, -0.25) is 19.4 Å². The van der Waals surface area contributed by atoms with Crippen LogP contribution >= 0.6 is 0 Å². The van der Waals surface area contributed by atoms with Crippen LogP contribution in [0.2, 0.25) is 0 Å². The molecule has 0 aliphatic carbocycles. The molecule has 0 saturated carbocycles. The molecule has 2 aliphatic rings. The van der Waals surface area contributed by atoms with Gasteiger partial charge in [-0.05, 0) is 31.2 Å². The van der Waals surface area contributed by atoms with Crippen molar-refractivity contribution in [3.63, 3.8) is 0 Å². The van der Waals surface area contributed by atoms with Gasteiger partial charge in [0.25, 0.3) is 11.8 Å². The Morgan fingerprint density at radius 2 is 1.79 bits per heavy atom. The van der Waals surface area contributed by atoms with Gasteiger partial charge >= 0.3 is 0 Å². The molecule has 1 saturated heterocycles. The summed E-state index contributed by atoms with van der Waals surface area (Å²) in [6, 6.07) is 7.60. The fraction of sp³-hybridized carbons (Fsp3) is 0.211. The zero-order valence-electron chi connectivity index (χ0n) is 15.2. The van der Waals surface area contributed by atoms with Gasteiger partial charge in [-0.2, -0.15) is 5.11 Å². The Hall–Kier alpha value is -3.69. The molecule has 10 heteroatoms. The molecule has 1 N–H and O–H groups in total. The molecular weight excluding hydrogens is 384 g/mol. The zero-order valence-corrected chi connectivity index (χ0v) is 15.2. The molecule has 0 radical (unpaired) electrons. The van der Waals surface area contributed by atoms with Crippen molar-refractivity contribution in [2.45, 2.75) is 19.0 Å². The van der Waals surface area contributed by atoms with Crippen LogP contribution in [0.1, 0.15) is 5.56 Å². The lowest BCUT2D eigenvalue weighted by Crippen LogP contribution is -2.43. The highest BCUT2D eigenvalue weighted by Gasteiger charge is 2.55. The fourth-order valence-electron chi connectivity index (χ4n) is 3.22. The fourth-order valence-corrected chi connectivity index (χ4v) is 3.22. The van der Waals surface area contributed by atoms with Crippen molar-refractivity contribution in [1.29, 1.82) is 0 Å². The maximum atomic E-state index is 13.5. The third-order valence-electron chi connectivity index (χ3n) is 4.66. The van der Waals surface area contributed by atoms with E-state index in [4.69, 9.17) is 0 Å². The third-order valence-corrected chi connectivity index (χ3v) is 4.66. The normalized spacial score (nSPS) is 20.4. The smallest absolute Gasteiger partial charge is 0.263 e. The highest BCUT2D eigenvalue weighted by molar-refractivity contribution is 6.25. The molecule has 0 unspecified atom stereocenters. The predicted molar refractivity (Wildman–Crippen MR) is 97.8 cm³/mol. The van der Waals surface area contributed by atoms with Gasteiger partial charge in [0, 0.05) is 11.8 Å². The van der Waals surface area contributed by atoms with Crippen molar-refractivity contribution in [2.75, 3.05) is 16.8 Å². The van der Waals surface area contributed by atoms with Crippen molar-refractivity contribution >= 4 is 29.1 Å². The van der Waals surface area contributed by atoms with Crippen molar-refractivity contribution < 1.29 is 23.2 Å². The minimum absolute atomic E-state index is 0.104. The molecule has 4 rings (SSSR count). The first-order chi connectivity index (χ1) is 13.8. The number of amides is 3. The Morgan fingerprint density at radius 3 is 2.48 bits per heavy atom. The van der Waals surface area contributed by atoms with E-state index >= 15 is 0 Å². The highest BCUT2D eigenvalue weighted by atomic mass is 19.2. The first kappa shape index (κ1) is 18.7. The summed E-state index contributed by atoms with van der Waals surface area (Å²) in [6.45, 7) is 1.61. The predicted octanol–water partition coefficient (Wildman–Crippen LogP) is 2.21. The van der Waals surface area contributed by atoms with Crippen LogP contribution in [0.4, 0.5) is 20.2 Å². The minimum Gasteiger partial charge on any atom is -0.324 e. The summed E-state index contributed by atoms with van der Waals surface area (Å²) in [7, 11) is 0. The second-order valence-electron chi connectivity index (χ2n) is 6.72. The summed E-state index contributed by atoms with van der Waals surface area (Å²) in [6.07, 6.45) is 0. The number of carbonyl (C=O) groups is 3. The van der Waals surface area contributed by atoms with Crippen LogP contribution in [0.5, 0.6) is 0 Å². The van der Waals surface area contributed by atoms with Gasteiger partial charge < -0.3 is 5.32 Å². The number of rotatable bonds is 4. The van der Waals surface area contributed by atoms with Crippen LogP contribution in [0.3, 0.4) is 0 Å². The number of anilines is 2. The molecule has 3 amide bonds. The zero-order chi connectivity index (χ0) is 20.7. The summed E-state index contributed by atoms with van der Waals surface area (Å²) in [4.78, 5) is 38.4. The Kier molecular flexibility index (Phi) is 4.53. The second-order valence-corrected chi connectivity index (χ2v) is 6.72. The summed E-state index contributed by atoms with van der Waals surface area (Å²) in [5, 5.41) is 11.4. The standard InChI is InChI=1S/C19H15F2N5O3/c1-10-2-4-11(5-3-10)22-15(27)9-25-17-16(23-24-25)18(28)26(19(17)29)12-6-7-13(20)14(21)8-12/h2-8,16-17H,9H2,1H3,(H,22,27)/t16-,17+/m0/s1. The van der Waals surface area contributed by atoms with Crippen LogP contribution in [0.15, 0.2) is 52.8 Å². The van der Waals surface area contributed by atoms with Gasteiger partial charge in [-0.25, -0.2) is 13.7 Å². The number of imide groups is 1. The molecule has 2 heterocycles. The van der Waals surface area contributed by atoms with Crippen LogP contribution in [-0.4, -0.2) is 41.4 Å². The summed E-state index contributed by atoms with van der Waals surface area (Å²) in [5.74, 6) is -4.14. The Labute approximate surface area is 163 Å². The van der Waals surface area contributed by atoms with Gasteiger partial charge in [0.2, 0.25) is 5.91 Å². The van der Waals surface area contributed by atoms with Crippen molar-refractivity contribution in [2.24, 2.45) is 10.3 Å². The molecule has 29 heavy (non-hydrogen) atoms. The van der Waals surface area contributed by atoms with E-state index in [9.17, 15) is 23.2 Å². The van der Waals surface area contributed by atoms with Gasteiger partial charge in [-0.1, -0.05) is 22.9 Å². The van der Waals surface area contributed by atoms with E-state index in [1.54, 1.807) is 12.1 Å². The molecule has 0 aromatic heterocycles. The number of hydrogen-bond donors (Lipinski definition) is 1. The third kappa shape index (κ3) is 3.33. The molecular formula is C19H15F2N5O3. The average Bonchev–Trinajstić information content (AvgIpc) is 3.20. The quantitative estimate of drug-likeness (QED) is 0.798. The summed E-state index contributed by atoms with van der Waals surface area (Å²) >= 11 is 0. The lowest BCUT2D eigenvalue weighted by molar-refractivity contribution is -0.123. The lowest BCUT2D eigenvalue weighted by atomic mass is 10.1. The summed E-state index contributed by atoms with van der Waals surface area (Å²) in [5.41, 5.74) is 1.50. The number of hydrogen-bond acceptors (Lipinski definition) is 6. The van der Waals surface area contributed by atoms with Crippen molar-refractivity contribution in [1.82, 2.24) is 5.01 Å². The number of nitrogens with zero attached hydrogens (tertiary/aromatic N) is 4. The number of nitrogens with one attached hydrogen (secondary N) is 1. The second kappa shape index (κ2) is 7.04. The van der Waals surface area contributed by atoms with Crippen molar-refractivity contribution in [3.05, 3.63) is 59.7 Å². The minimum atomic E-state index is -1.18. The monoisotopic (exact) mass is 399 g/mol. The Bertz CT molecular complexity index is 1040. The van der Waals surface area contributed by atoms with E-state index < -0.39 is 41.4 Å². The van der Waals surface area contributed by atoms with E-state index in [1.165, 1.54) is 0 Å². The van der Waals surface area contributed by atoms with Crippen LogP contribution in [0, 0.1) is 18.6 Å². The molecule has 2 aromatic rings. The van der Waals surface area contributed by atoms with E-state index in [-0.39, 0.29) is 12.2 Å². The van der Waals surface area contributed by atoms with E-state index in [0.29, 0.717) is 5.69 Å². The van der Waals surface area contributed by atoms with E-state index in [0.717, 1.165) is 33.7 Å². The van der Waals surface area contributed by atoms with Crippen LogP contribution in [-0.2, 0) is 14.4 Å². The number of fused-ring (bicyclic) bond motifs is 1. The molecule has 2 aliphatic heterocycles. The van der Waals surface area contributed by atoms with E-state index in [1.807, 2.05) is 19.1 Å². The molecule has 1 fully saturated rings. The molecule has 2 atom stereocenters. The first-order valence-corrected chi connectivity index (χ1v) is 8.72. The SMILES string of the molecule is Cc1ccc(NC(=O)CN2N=N[C@@H]3C(=O)N(c4ccc(F)c(F)c4)C(=O)[C@@H]32)cc1. The molecule has 0 bridgehead atoms. The number of carbonyl (C=O) groups excluding carboxylic acids is 3. The Balaban J connectivity index is 1.49. The average molecular weight is 399 g/mol. The van der Waals surface area contributed by atoms with Gasteiger partial charge in [0.1, 0.15) is 6.54 Å². The number of halogens is 2. The first-order valence-electron chi connectivity index (χ1n) is 8.72. The highest BCUT2D eigenvalue weighted by Crippen LogP contribution is 2.32. The van der Waals surface area contributed by atoms with Crippen LogP contribution < -0.4 is 10.2 Å². The summed E-state index contributed by atoms with van der Waals surface area (Å²) < 4.78 is 26.7. The molecule has 8 nitrogen and oxygen atoms in total. The van der Waals surface area contributed by atoms with Crippen molar-refractivity contribution in [3.8, 4) is 0 Å². The number of aryl methyl sites for hydroxylation is 1. The molecule has 148 valence electrons. The van der Waals surface area contributed by atoms with E-state index in [2.05, 4.69) is 15.7 Å². The maximum Gasteiger partial charge on any atom is 0.263 e. The maximum absolute atomic E-state index is 13.5.